The summed E-state index contributed by atoms with van der Waals surface area (Å²) < 4.78 is 27.9. The van der Waals surface area contributed by atoms with Crippen LogP contribution in [0.4, 0.5) is 0 Å². The Hall–Kier alpha value is -2.51. The summed E-state index contributed by atoms with van der Waals surface area (Å²) in [6.45, 7) is 2.92. The molecular weight excluding hydrogens is 362 g/mol. The first-order valence-corrected chi connectivity index (χ1v) is 9.61. The molecule has 0 unspecified atom stereocenters. The molecular formula is C21H25NO6. The highest BCUT2D eigenvalue weighted by Gasteiger charge is 2.32. The van der Waals surface area contributed by atoms with Gasteiger partial charge in [0.2, 0.25) is 0 Å². The number of methoxy groups -OCH3 is 1. The third-order valence-electron chi connectivity index (χ3n) is 5.17. The second-order valence-electron chi connectivity index (χ2n) is 6.95. The fourth-order valence-corrected chi connectivity index (χ4v) is 3.64. The Balaban J connectivity index is 1.30. The van der Waals surface area contributed by atoms with E-state index >= 15 is 0 Å². The van der Waals surface area contributed by atoms with Gasteiger partial charge in [0.15, 0.2) is 23.5 Å². The maximum absolute atomic E-state index is 12.7. The molecule has 3 heterocycles. The van der Waals surface area contributed by atoms with Gasteiger partial charge in [-0.15, -0.1) is 0 Å². The van der Waals surface area contributed by atoms with Gasteiger partial charge in [-0.05, 0) is 37.1 Å². The van der Waals surface area contributed by atoms with Crippen molar-refractivity contribution in [3.8, 4) is 11.5 Å². The van der Waals surface area contributed by atoms with E-state index in [0.717, 1.165) is 12.8 Å². The molecule has 150 valence electrons. The average molecular weight is 387 g/mol. The number of para-hydroxylation sites is 2. The Labute approximate surface area is 164 Å². The van der Waals surface area contributed by atoms with Gasteiger partial charge in [-0.25, -0.2) is 0 Å². The van der Waals surface area contributed by atoms with Gasteiger partial charge in [0, 0.05) is 19.0 Å². The summed E-state index contributed by atoms with van der Waals surface area (Å²) in [6, 6.07) is 10.9. The normalized spacial score (nSPS) is 18.4. The predicted molar refractivity (Wildman–Crippen MR) is 100 cm³/mol. The average Bonchev–Trinajstić information content (AvgIpc) is 3.44. The molecule has 0 radical (unpaired) electrons. The van der Waals surface area contributed by atoms with Crippen molar-refractivity contribution in [1.82, 2.24) is 4.90 Å². The summed E-state index contributed by atoms with van der Waals surface area (Å²) in [6.07, 6.45) is 1.64. The highest BCUT2D eigenvalue weighted by atomic mass is 16.7. The lowest BCUT2D eigenvalue weighted by Crippen LogP contribution is -2.41. The molecule has 2 saturated heterocycles. The van der Waals surface area contributed by atoms with Crippen LogP contribution < -0.4 is 9.47 Å². The molecule has 1 aromatic carbocycles. The number of furan rings is 1. The van der Waals surface area contributed by atoms with E-state index in [9.17, 15) is 4.79 Å². The number of nitrogens with zero attached hydrogens (tertiary/aromatic N) is 1. The van der Waals surface area contributed by atoms with Crippen LogP contribution in [0.1, 0.15) is 29.2 Å². The lowest BCUT2D eigenvalue weighted by Gasteiger charge is -2.33. The Bertz CT molecular complexity index is 790. The summed E-state index contributed by atoms with van der Waals surface area (Å²) in [5.41, 5.74) is 0. The lowest BCUT2D eigenvalue weighted by molar-refractivity contribution is -0.0956. The second-order valence-corrected chi connectivity index (χ2v) is 6.95. The Morgan fingerprint density at radius 1 is 1.07 bits per heavy atom. The Kier molecular flexibility index (Phi) is 5.83. The van der Waals surface area contributed by atoms with Crippen LogP contribution in [0.25, 0.3) is 0 Å². The van der Waals surface area contributed by atoms with Crippen molar-refractivity contribution in [2.24, 2.45) is 5.92 Å². The molecule has 0 spiro atoms. The third-order valence-corrected chi connectivity index (χ3v) is 5.17. The standard InChI is InChI=1S/C21H25NO6/c1-24-17-4-2-3-5-18(17)27-14-16-6-7-19(28-16)20(23)22-10-8-15(9-11-22)21-25-12-13-26-21/h2-7,15,21H,8-14H2,1H3. The molecule has 2 fully saturated rings. The first-order valence-electron chi connectivity index (χ1n) is 9.61. The number of amides is 1. The number of carbonyl (C=O) groups excluding carboxylic acids is 1. The molecule has 0 saturated carbocycles. The molecule has 1 aromatic heterocycles. The van der Waals surface area contributed by atoms with Gasteiger partial charge in [0.05, 0.1) is 20.3 Å². The highest BCUT2D eigenvalue weighted by Crippen LogP contribution is 2.28. The molecule has 2 aliphatic rings. The zero-order valence-electron chi connectivity index (χ0n) is 16.0. The second kappa shape index (κ2) is 8.67. The number of ether oxygens (including phenoxy) is 4. The van der Waals surface area contributed by atoms with Crippen molar-refractivity contribution in [2.45, 2.75) is 25.7 Å². The van der Waals surface area contributed by atoms with E-state index in [4.69, 9.17) is 23.4 Å². The Morgan fingerprint density at radius 3 is 2.50 bits per heavy atom. The molecule has 2 aromatic rings. The molecule has 4 rings (SSSR count). The van der Waals surface area contributed by atoms with Crippen molar-refractivity contribution in [3.63, 3.8) is 0 Å². The van der Waals surface area contributed by atoms with E-state index in [0.29, 0.717) is 55.2 Å². The van der Waals surface area contributed by atoms with Gasteiger partial charge in [0.1, 0.15) is 12.4 Å². The van der Waals surface area contributed by atoms with Crippen molar-refractivity contribution in [1.29, 1.82) is 0 Å². The summed E-state index contributed by atoms with van der Waals surface area (Å²) >= 11 is 0. The number of rotatable bonds is 6. The monoisotopic (exact) mass is 387 g/mol. The largest absolute Gasteiger partial charge is 0.493 e. The van der Waals surface area contributed by atoms with Gasteiger partial charge in [-0.2, -0.15) is 0 Å². The van der Waals surface area contributed by atoms with Gasteiger partial charge in [-0.1, -0.05) is 12.1 Å². The van der Waals surface area contributed by atoms with Crippen molar-refractivity contribution < 1.29 is 28.2 Å². The minimum absolute atomic E-state index is 0.0877. The third kappa shape index (κ3) is 4.15. The van der Waals surface area contributed by atoms with Crippen LogP contribution in [0.15, 0.2) is 40.8 Å². The van der Waals surface area contributed by atoms with Crippen LogP contribution in [0.5, 0.6) is 11.5 Å². The molecule has 0 bridgehead atoms. The number of piperidine rings is 1. The number of likely N-dealkylation sites (tertiary alicyclic amines) is 1. The summed E-state index contributed by atoms with van der Waals surface area (Å²) in [7, 11) is 1.60. The van der Waals surface area contributed by atoms with E-state index in [1.54, 1.807) is 19.2 Å². The Morgan fingerprint density at radius 2 is 1.79 bits per heavy atom. The molecule has 0 atom stereocenters. The molecule has 1 amide bonds. The molecule has 7 heteroatoms. The number of benzene rings is 1. The topological polar surface area (TPSA) is 70.4 Å². The summed E-state index contributed by atoms with van der Waals surface area (Å²) in [5.74, 6) is 2.49. The van der Waals surface area contributed by atoms with E-state index in [1.807, 2.05) is 29.2 Å². The SMILES string of the molecule is COc1ccccc1OCc1ccc(C(=O)N2CCC(C3OCCO3)CC2)o1. The van der Waals surface area contributed by atoms with Crippen LogP contribution in [0.2, 0.25) is 0 Å². The zero-order chi connectivity index (χ0) is 19.3. The molecule has 7 nitrogen and oxygen atoms in total. The van der Waals surface area contributed by atoms with Crippen molar-refractivity contribution in [2.75, 3.05) is 33.4 Å². The summed E-state index contributed by atoms with van der Waals surface area (Å²) in [4.78, 5) is 14.6. The van der Waals surface area contributed by atoms with E-state index in [-0.39, 0.29) is 18.8 Å². The zero-order valence-corrected chi connectivity index (χ0v) is 16.0. The molecule has 2 aliphatic heterocycles. The van der Waals surface area contributed by atoms with Crippen LogP contribution in [-0.4, -0.2) is 50.5 Å². The minimum Gasteiger partial charge on any atom is -0.493 e. The van der Waals surface area contributed by atoms with Crippen molar-refractivity contribution >= 4 is 5.91 Å². The minimum atomic E-state index is -0.111. The quantitative estimate of drug-likeness (QED) is 0.759. The summed E-state index contributed by atoms with van der Waals surface area (Å²) in [5, 5.41) is 0. The van der Waals surface area contributed by atoms with Crippen LogP contribution >= 0.6 is 0 Å². The lowest BCUT2D eigenvalue weighted by atomic mass is 9.96. The van der Waals surface area contributed by atoms with Crippen LogP contribution in [0, 0.1) is 5.92 Å². The highest BCUT2D eigenvalue weighted by molar-refractivity contribution is 5.91. The number of hydrogen-bond acceptors (Lipinski definition) is 6. The number of carbonyl (C=O) groups is 1. The van der Waals surface area contributed by atoms with Gasteiger partial charge in [0.25, 0.3) is 5.91 Å². The fraction of sp³-hybridized carbons (Fsp3) is 0.476. The van der Waals surface area contributed by atoms with Crippen LogP contribution in [0.3, 0.4) is 0 Å². The smallest absolute Gasteiger partial charge is 0.289 e. The molecule has 28 heavy (non-hydrogen) atoms. The van der Waals surface area contributed by atoms with Crippen LogP contribution in [-0.2, 0) is 16.1 Å². The molecule has 0 N–H and O–H groups in total. The maximum Gasteiger partial charge on any atom is 0.289 e. The molecule has 0 aliphatic carbocycles. The first-order chi connectivity index (χ1) is 13.7. The maximum atomic E-state index is 12.7. The first kappa shape index (κ1) is 18.8. The van der Waals surface area contributed by atoms with E-state index in [2.05, 4.69) is 0 Å². The van der Waals surface area contributed by atoms with Gasteiger partial charge in [-0.3, -0.25) is 4.79 Å². The van der Waals surface area contributed by atoms with E-state index < -0.39 is 0 Å². The van der Waals surface area contributed by atoms with E-state index in [1.165, 1.54) is 0 Å². The fourth-order valence-electron chi connectivity index (χ4n) is 3.64. The predicted octanol–water partition coefficient (Wildman–Crippen LogP) is 3.09. The number of hydrogen-bond donors (Lipinski definition) is 0. The van der Waals surface area contributed by atoms with Gasteiger partial charge < -0.3 is 28.3 Å². The van der Waals surface area contributed by atoms with Gasteiger partial charge >= 0.3 is 0 Å². The van der Waals surface area contributed by atoms with Crippen molar-refractivity contribution in [3.05, 3.63) is 47.9 Å².